The van der Waals surface area contributed by atoms with Crippen molar-refractivity contribution in [2.24, 2.45) is 5.92 Å². The Morgan fingerprint density at radius 2 is 1.85 bits per heavy atom. The first-order chi connectivity index (χ1) is 9.35. The number of carbonyl (C=O) groups excluding carboxylic acids is 1. The van der Waals surface area contributed by atoms with Crippen molar-refractivity contribution in [3.05, 3.63) is 35.4 Å². The van der Waals surface area contributed by atoms with Gasteiger partial charge in [0.1, 0.15) is 10.7 Å². The van der Waals surface area contributed by atoms with Gasteiger partial charge in [-0.2, -0.15) is 0 Å². The topological polar surface area (TPSA) is 60.4 Å². The summed E-state index contributed by atoms with van der Waals surface area (Å²) in [5, 5.41) is 0. The van der Waals surface area contributed by atoms with Crippen LogP contribution in [0.15, 0.2) is 24.3 Å². The minimum Gasteiger partial charge on any atom is -0.465 e. The van der Waals surface area contributed by atoms with E-state index >= 15 is 0 Å². The average Bonchev–Trinajstić information content (AvgIpc) is 2.44. The molecule has 0 radical (unpaired) electrons. The molecule has 112 valence electrons. The summed E-state index contributed by atoms with van der Waals surface area (Å²) < 4.78 is 26.6. The molecule has 0 aliphatic rings. The van der Waals surface area contributed by atoms with E-state index in [4.69, 9.17) is 0 Å². The minimum absolute atomic E-state index is 0.0117. The lowest BCUT2D eigenvalue weighted by atomic mass is 9.71. The summed E-state index contributed by atoms with van der Waals surface area (Å²) in [6.07, 6.45) is 0.828. The first kappa shape index (κ1) is 16.7. The van der Waals surface area contributed by atoms with Crippen LogP contribution in [0.2, 0.25) is 0 Å². The first-order valence-corrected chi connectivity index (χ1v) is 8.02. The van der Waals surface area contributed by atoms with Gasteiger partial charge in [0, 0.05) is 0 Å². The zero-order valence-corrected chi connectivity index (χ0v) is 13.3. The highest BCUT2D eigenvalue weighted by Crippen LogP contribution is 2.35. The molecule has 0 aliphatic carbocycles. The standard InChI is InChI=1S/C15H22O4S/c1-5-15(3,11(2)10-20(17)18)13-8-6-12(7-9-13)14(16)19-4/h6-9,11,20H,5,10H2,1-4H3. The predicted octanol–water partition coefficient (Wildman–Crippen LogP) is 2.39. The molecule has 0 heterocycles. The van der Waals surface area contributed by atoms with Crippen molar-refractivity contribution in [3.8, 4) is 0 Å². The van der Waals surface area contributed by atoms with Gasteiger partial charge >= 0.3 is 5.97 Å². The van der Waals surface area contributed by atoms with Crippen LogP contribution in [-0.4, -0.2) is 27.2 Å². The quantitative estimate of drug-likeness (QED) is 0.647. The summed E-state index contributed by atoms with van der Waals surface area (Å²) in [6, 6.07) is 7.20. The second-order valence-electron chi connectivity index (χ2n) is 5.26. The van der Waals surface area contributed by atoms with E-state index in [-0.39, 0.29) is 23.1 Å². The van der Waals surface area contributed by atoms with E-state index in [2.05, 4.69) is 11.7 Å². The van der Waals surface area contributed by atoms with E-state index in [0.29, 0.717) is 5.56 Å². The zero-order chi connectivity index (χ0) is 15.3. The van der Waals surface area contributed by atoms with Crippen molar-refractivity contribution in [2.45, 2.75) is 32.6 Å². The van der Waals surface area contributed by atoms with Crippen molar-refractivity contribution < 1.29 is 17.9 Å². The third-order valence-corrected chi connectivity index (χ3v) is 5.06. The highest BCUT2D eigenvalue weighted by molar-refractivity contribution is 7.72. The van der Waals surface area contributed by atoms with Gasteiger partial charge in [0.2, 0.25) is 0 Å². The maximum absolute atomic E-state index is 11.4. The van der Waals surface area contributed by atoms with Crippen molar-refractivity contribution in [3.63, 3.8) is 0 Å². The fourth-order valence-electron chi connectivity index (χ4n) is 2.37. The molecule has 0 amide bonds. The van der Waals surface area contributed by atoms with Gasteiger partial charge in [-0.25, -0.2) is 13.2 Å². The van der Waals surface area contributed by atoms with Gasteiger partial charge < -0.3 is 4.74 Å². The monoisotopic (exact) mass is 298 g/mol. The fraction of sp³-hybridized carbons (Fsp3) is 0.533. The largest absolute Gasteiger partial charge is 0.465 e. The number of thiol groups is 1. The van der Waals surface area contributed by atoms with Crippen LogP contribution in [0.5, 0.6) is 0 Å². The molecule has 1 aromatic rings. The third-order valence-electron chi connectivity index (χ3n) is 4.21. The minimum atomic E-state index is -2.39. The van der Waals surface area contributed by atoms with E-state index < -0.39 is 10.7 Å². The smallest absolute Gasteiger partial charge is 0.337 e. The van der Waals surface area contributed by atoms with Gasteiger partial charge in [-0.3, -0.25) is 0 Å². The molecule has 0 spiro atoms. The summed E-state index contributed by atoms with van der Waals surface area (Å²) in [4.78, 5) is 11.4. The van der Waals surface area contributed by atoms with Crippen LogP contribution in [0.25, 0.3) is 0 Å². The molecule has 0 saturated carbocycles. The van der Waals surface area contributed by atoms with E-state index in [1.165, 1.54) is 7.11 Å². The summed E-state index contributed by atoms with van der Waals surface area (Å²) >= 11 is 0. The van der Waals surface area contributed by atoms with Crippen molar-refractivity contribution in [1.29, 1.82) is 0 Å². The highest BCUT2D eigenvalue weighted by Gasteiger charge is 2.31. The molecule has 2 unspecified atom stereocenters. The van der Waals surface area contributed by atoms with Crippen LogP contribution in [-0.2, 0) is 20.9 Å². The SMILES string of the molecule is CCC(C)(c1ccc(C(=O)OC)cc1)C(C)C[SH](=O)=O. The van der Waals surface area contributed by atoms with E-state index in [1.54, 1.807) is 12.1 Å². The van der Waals surface area contributed by atoms with Crippen LogP contribution in [0.3, 0.4) is 0 Å². The Kier molecular flexibility index (Phi) is 5.74. The molecule has 4 nitrogen and oxygen atoms in total. The molecule has 0 aliphatic heterocycles. The molecule has 1 rings (SSSR count). The van der Waals surface area contributed by atoms with Gasteiger partial charge in [-0.1, -0.05) is 32.9 Å². The Balaban J connectivity index is 3.08. The molecule has 0 bridgehead atoms. The van der Waals surface area contributed by atoms with Crippen molar-refractivity contribution >= 4 is 16.7 Å². The second-order valence-corrected chi connectivity index (χ2v) is 6.29. The van der Waals surface area contributed by atoms with Crippen molar-refractivity contribution in [2.75, 3.05) is 12.9 Å². The molecule has 2 atom stereocenters. The fourth-order valence-corrected chi connectivity index (χ4v) is 3.22. The number of methoxy groups -OCH3 is 1. The van der Waals surface area contributed by atoms with Crippen LogP contribution in [0, 0.1) is 5.92 Å². The van der Waals surface area contributed by atoms with E-state index in [0.717, 1.165) is 12.0 Å². The maximum Gasteiger partial charge on any atom is 0.337 e. The van der Waals surface area contributed by atoms with E-state index in [9.17, 15) is 13.2 Å². The Morgan fingerprint density at radius 1 is 1.30 bits per heavy atom. The number of hydrogen-bond acceptors (Lipinski definition) is 4. The number of rotatable bonds is 6. The Morgan fingerprint density at radius 3 is 2.25 bits per heavy atom. The lowest BCUT2D eigenvalue weighted by Crippen LogP contribution is -2.32. The van der Waals surface area contributed by atoms with Crippen LogP contribution in [0.4, 0.5) is 0 Å². The number of hydrogen-bond donors (Lipinski definition) is 1. The van der Waals surface area contributed by atoms with Crippen LogP contribution in [0.1, 0.15) is 43.1 Å². The molecule has 0 aromatic heterocycles. The molecule has 5 heteroatoms. The molecule has 20 heavy (non-hydrogen) atoms. The molecular weight excluding hydrogens is 276 g/mol. The summed E-state index contributed by atoms with van der Waals surface area (Å²) in [6.45, 7) is 6.05. The Labute approximate surface area is 122 Å². The van der Waals surface area contributed by atoms with Gasteiger partial charge in [-0.05, 0) is 35.4 Å². The van der Waals surface area contributed by atoms with E-state index in [1.807, 2.05) is 26.0 Å². The lowest BCUT2D eigenvalue weighted by molar-refractivity contribution is 0.0600. The number of carbonyl (C=O) groups is 1. The maximum atomic E-state index is 11.4. The normalized spacial score (nSPS) is 15.7. The predicted molar refractivity (Wildman–Crippen MR) is 79.8 cm³/mol. The number of esters is 1. The number of benzene rings is 1. The van der Waals surface area contributed by atoms with Gasteiger partial charge in [0.15, 0.2) is 0 Å². The zero-order valence-electron chi connectivity index (χ0n) is 12.4. The van der Waals surface area contributed by atoms with Crippen molar-refractivity contribution in [1.82, 2.24) is 0 Å². The first-order valence-electron chi connectivity index (χ1n) is 6.65. The lowest BCUT2D eigenvalue weighted by Gasteiger charge is -2.34. The second kappa shape index (κ2) is 6.88. The highest BCUT2D eigenvalue weighted by atomic mass is 32.2. The molecule has 0 fully saturated rings. The molecule has 1 aromatic carbocycles. The number of ether oxygens (including phenoxy) is 1. The Hall–Kier alpha value is -1.36. The molecular formula is C15H22O4S. The molecule has 0 saturated heterocycles. The summed E-state index contributed by atoms with van der Waals surface area (Å²) in [7, 11) is -1.05. The van der Waals surface area contributed by atoms with Gasteiger partial charge in [-0.15, -0.1) is 0 Å². The Bertz CT molecular complexity index is 525. The third kappa shape index (κ3) is 3.60. The molecule has 0 N–H and O–H groups in total. The van der Waals surface area contributed by atoms with Crippen LogP contribution >= 0.6 is 0 Å². The van der Waals surface area contributed by atoms with Gasteiger partial charge in [0.05, 0.1) is 18.4 Å². The van der Waals surface area contributed by atoms with Gasteiger partial charge in [0.25, 0.3) is 0 Å². The average molecular weight is 298 g/mol. The van der Waals surface area contributed by atoms with Crippen LogP contribution < -0.4 is 0 Å². The summed E-state index contributed by atoms with van der Waals surface area (Å²) in [5.74, 6) is -0.193. The summed E-state index contributed by atoms with van der Waals surface area (Å²) in [5.41, 5.74) is 1.30.